The predicted octanol–water partition coefficient (Wildman–Crippen LogP) is 4.09. The van der Waals surface area contributed by atoms with Crippen molar-refractivity contribution in [2.24, 2.45) is 0 Å². The molecule has 1 unspecified atom stereocenters. The maximum Gasteiger partial charge on any atom is 0.295 e. The molecule has 1 saturated heterocycles. The molecule has 0 radical (unpaired) electrons. The second kappa shape index (κ2) is 9.37. The Kier molecular flexibility index (Phi) is 6.65. The van der Waals surface area contributed by atoms with Crippen LogP contribution in [0.1, 0.15) is 50.4 Å². The highest BCUT2D eigenvalue weighted by molar-refractivity contribution is 6.46. The zero-order valence-corrected chi connectivity index (χ0v) is 16.8. The van der Waals surface area contributed by atoms with Crippen LogP contribution in [0.5, 0.6) is 5.75 Å². The first-order chi connectivity index (χ1) is 14.1. The van der Waals surface area contributed by atoms with Gasteiger partial charge in [0.1, 0.15) is 17.6 Å². The second-order valence-electron chi connectivity index (χ2n) is 6.92. The average molecular weight is 394 g/mol. The van der Waals surface area contributed by atoms with Gasteiger partial charge in [-0.3, -0.25) is 14.6 Å². The van der Waals surface area contributed by atoms with E-state index in [0.29, 0.717) is 30.2 Å². The third kappa shape index (κ3) is 4.31. The van der Waals surface area contributed by atoms with Crippen LogP contribution in [0, 0.1) is 0 Å². The number of amides is 1. The Labute approximate surface area is 170 Å². The summed E-state index contributed by atoms with van der Waals surface area (Å²) < 4.78 is 5.50. The molecule has 2 heterocycles. The van der Waals surface area contributed by atoms with E-state index in [4.69, 9.17) is 4.74 Å². The summed E-state index contributed by atoms with van der Waals surface area (Å²) in [4.78, 5) is 31.6. The number of aromatic nitrogens is 1. The van der Waals surface area contributed by atoms with Gasteiger partial charge in [-0.15, -0.1) is 0 Å². The number of hydrogen-bond acceptors (Lipinski definition) is 5. The number of carbonyl (C=O) groups is 2. The first kappa shape index (κ1) is 20.6. The van der Waals surface area contributed by atoms with Crippen molar-refractivity contribution in [1.29, 1.82) is 0 Å². The fourth-order valence-corrected chi connectivity index (χ4v) is 3.54. The first-order valence-electron chi connectivity index (χ1n) is 10.0. The van der Waals surface area contributed by atoms with Gasteiger partial charge in [0.05, 0.1) is 17.9 Å². The molecule has 0 spiro atoms. The summed E-state index contributed by atoms with van der Waals surface area (Å²) >= 11 is 0. The van der Waals surface area contributed by atoms with E-state index < -0.39 is 17.7 Å². The number of carbonyl (C=O) groups excluding carboxylic acids is 2. The highest BCUT2D eigenvalue weighted by Crippen LogP contribution is 2.39. The predicted molar refractivity (Wildman–Crippen MR) is 110 cm³/mol. The first-order valence-corrected chi connectivity index (χ1v) is 10.0. The van der Waals surface area contributed by atoms with E-state index in [2.05, 4.69) is 11.9 Å². The van der Waals surface area contributed by atoms with Crippen molar-refractivity contribution in [3.05, 3.63) is 65.5 Å². The number of Topliss-reactive ketones (excluding diaryl/α,β-unsaturated/α-hetero) is 1. The number of ether oxygens (including phenoxy) is 1. The van der Waals surface area contributed by atoms with E-state index in [1.165, 1.54) is 4.90 Å². The minimum atomic E-state index is -0.705. The Balaban J connectivity index is 2.08. The topological polar surface area (TPSA) is 79.7 Å². The highest BCUT2D eigenvalue weighted by Gasteiger charge is 2.46. The normalized spacial score (nSPS) is 18.3. The molecule has 0 saturated carbocycles. The second-order valence-corrected chi connectivity index (χ2v) is 6.92. The smallest absolute Gasteiger partial charge is 0.295 e. The van der Waals surface area contributed by atoms with Crippen molar-refractivity contribution < 1.29 is 19.4 Å². The Morgan fingerprint density at radius 2 is 1.97 bits per heavy atom. The van der Waals surface area contributed by atoms with Crippen LogP contribution in [0.15, 0.2) is 54.2 Å². The Morgan fingerprint density at radius 3 is 2.66 bits per heavy atom. The summed E-state index contributed by atoms with van der Waals surface area (Å²) in [7, 11) is 0. The van der Waals surface area contributed by atoms with Crippen LogP contribution in [0.25, 0.3) is 5.76 Å². The fraction of sp³-hybridized carbons (Fsp3) is 0.348. The average Bonchev–Trinajstić information content (AvgIpc) is 2.99. The van der Waals surface area contributed by atoms with Crippen LogP contribution in [0.2, 0.25) is 0 Å². The largest absolute Gasteiger partial charge is 0.507 e. The minimum absolute atomic E-state index is 0.0684. The van der Waals surface area contributed by atoms with Gasteiger partial charge in [-0.1, -0.05) is 38.0 Å². The standard InChI is InChI=1S/C23H26N2O4/c1-3-5-8-14-25-20(18-12-6-7-13-24-18)19(22(27)23(25)28)21(26)16-10-9-11-17(15-16)29-4-2/h6-7,9-13,15,20,26H,3-5,8,14H2,1-2H3/b21-19-. The Bertz CT molecular complexity index is 908. The number of aliphatic hydroxyl groups excluding tert-OH is 1. The molecule has 0 aliphatic carbocycles. The molecular weight excluding hydrogens is 368 g/mol. The molecule has 1 aromatic carbocycles. The molecule has 1 amide bonds. The molecular formula is C23H26N2O4. The summed E-state index contributed by atoms with van der Waals surface area (Å²) in [5.74, 6) is -0.905. The lowest BCUT2D eigenvalue weighted by molar-refractivity contribution is -0.140. The van der Waals surface area contributed by atoms with Gasteiger partial charge in [-0.05, 0) is 37.6 Å². The van der Waals surface area contributed by atoms with Crippen LogP contribution in [-0.4, -0.2) is 39.8 Å². The van der Waals surface area contributed by atoms with Crippen LogP contribution in [0.3, 0.4) is 0 Å². The lowest BCUT2D eigenvalue weighted by atomic mass is 9.98. The number of hydrogen-bond donors (Lipinski definition) is 1. The van der Waals surface area contributed by atoms with Crippen LogP contribution in [0.4, 0.5) is 0 Å². The van der Waals surface area contributed by atoms with E-state index in [-0.39, 0.29) is 11.3 Å². The van der Waals surface area contributed by atoms with Gasteiger partial charge in [0.25, 0.3) is 11.7 Å². The summed E-state index contributed by atoms with van der Waals surface area (Å²) in [5.41, 5.74) is 1.06. The summed E-state index contributed by atoms with van der Waals surface area (Å²) in [6, 6.07) is 11.5. The molecule has 6 nitrogen and oxygen atoms in total. The van der Waals surface area contributed by atoms with Crippen molar-refractivity contribution in [2.45, 2.75) is 39.2 Å². The maximum absolute atomic E-state index is 12.9. The van der Waals surface area contributed by atoms with Gasteiger partial charge in [0, 0.05) is 18.3 Å². The van der Waals surface area contributed by atoms with Crippen molar-refractivity contribution in [2.75, 3.05) is 13.2 Å². The monoisotopic (exact) mass is 394 g/mol. The number of likely N-dealkylation sites (tertiary alicyclic amines) is 1. The molecule has 3 rings (SSSR count). The van der Waals surface area contributed by atoms with E-state index in [1.807, 2.05) is 13.0 Å². The van der Waals surface area contributed by atoms with Gasteiger partial charge in [0.2, 0.25) is 0 Å². The molecule has 1 atom stereocenters. The van der Waals surface area contributed by atoms with Gasteiger partial charge in [-0.2, -0.15) is 0 Å². The van der Waals surface area contributed by atoms with E-state index in [9.17, 15) is 14.7 Å². The molecule has 152 valence electrons. The summed E-state index contributed by atoms with van der Waals surface area (Å²) in [5, 5.41) is 11.0. The molecule has 1 N–H and O–H groups in total. The fourth-order valence-electron chi connectivity index (χ4n) is 3.54. The van der Waals surface area contributed by atoms with Crippen LogP contribution >= 0.6 is 0 Å². The summed E-state index contributed by atoms with van der Waals surface area (Å²) in [6.07, 6.45) is 4.36. The van der Waals surface area contributed by atoms with Crippen LogP contribution in [-0.2, 0) is 9.59 Å². The van der Waals surface area contributed by atoms with Crippen molar-refractivity contribution in [1.82, 2.24) is 9.88 Å². The van der Waals surface area contributed by atoms with E-state index in [1.54, 1.807) is 42.6 Å². The molecule has 2 aromatic rings. The van der Waals surface area contributed by atoms with Crippen LogP contribution < -0.4 is 4.74 Å². The molecule has 0 bridgehead atoms. The quantitative estimate of drug-likeness (QED) is 0.316. The SMILES string of the molecule is CCCCCN1C(=O)C(=O)/C(=C(\O)c2cccc(OCC)c2)C1c1ccccn1. The Hall–Kier alpha value is -3.15. The maximum atomic E-state index is 12.9. The number of benzene rings is 1. The van der Waals surface area contributed by atoms with Crippen molar-refractivity contribution in [3.63, 3.8) is 0 Å². The zero-order valence-electron chi connectivity index (χ0n) is 16.8. The number of nitrogens with zero attached hydrogens (tertiary/aromatic N) is 2. The third-order valence-corrected chi connectivity index (χ3v) is 4.93. The Morgan fingerprint density at radius 1 is 1.14 bits per heavy atom. The number of pyridine rings is 1. The lowest BCUT2D eigenvalue weighted by Crippen LogP contribution is -2.31. The minimum Gasteiger partial charge on any atom is -0.507 e. The molecule has 1 fully saturated rings. The molecule has 1 aliphatic rings. The lowest BCUT2D eigenvalue weighted by Gasteiger charge is -2.24. The highest BCUT2D eigenvalue weighted by atomic mass is 16.5. The number of aliphatic hydroxyl groups is 1. The van der Waals surface area contributed by atoms with Crippen molar-refractivity contribution in [3.8, 4) is 5.75 Å². The van der Waals surface area contributed by atoms with Gasteiger partial charge < -0.3 is 14.7 Å². The van der Waals surface area contributed by atoms with Crippen molar-refractivity contribution >= 4 is 17.4 Å². The molecule has 6 heteroatoms. The van der Waals surface area contributed by atoms with Gasteiger partial charge in [-0.25, -0.2) is 0 Å². The van der Waals surface area contributed by atoms with E-state index in [0.717, 1.165) is 19.3 Å². The number of ketones is 1. The third-order valence-electron chi connectivity index (χ3n) is 4.93. The van der Waals surface area contributed by atoms with Gasteiger partial charge in [0.15, 0.2) is 0 Å². The molecule has 1 aromatic heterocycles. The zero-order chi connectivity index (χ0) is 20.8. The molecule has 29 heavy (non-hydrogen) atoms. The number of unbranched alkanes of at least 4 members (excludes halogenated alkanes) is 2. The summed E-state index contributed by atoms with van der Waals surface area (Å²) in [6.45, 7) is 4.88. The molecule has 1 aliphatic heterocycles. The number of rotatable bonds is 8. The van der Waals surface area contributed by atoms with E-state index >= 15 is 0 Å². The van der Waals surface area contributed by atoms with Gasteiger partial charge >= 0.3 is 0 Å².